The molecule has 0 aromatic heterocycles. The van der Waals surface area contributed by atoms with E-state index in [1.165, 1.54) is 17.7 Å². The third-order valence-corrected chi connectivity index (χ3v) is 3.50. The zero-order valence-electron chi connectivity index (χ0n) is 11.5. The first-order valence-electron chi connectivity index (χ1n) is 6.89. The Hall–Kier alpha value is -2.38. The van der Waals surface area contributed by atoms with E-state index in [9.17, 15) is 4.39 Å². The minimum Gasteiger partial charge on any atom is -0.488 e. The molecule has 3 nitrogen and oxygen atoms in total. The topological polar surface area (TPSA) is 45.0 Å². The van der Waals surface area contributed by atoms with Gasteiger partial charge in [-0.2, -0.15) is 5.26 Å². The number of hydrogen-bond donors (Lipinski definition) is 1. The van der Waals surface area contributed by atoms with Crippen LogP contribution in [0.15, 0.2) is 42.5 Å². The Morgan fingerprint density at radius 3 is 2.95 bits per heavy atom. The zero-order valence-corrected chi connectivity index (χ0v) is 11.5. The number of ether oxygens (including phenoxy) is 1. The second kappa shape index (κ2) is 5.94. The Morgan fingerprint density at radius 1 is 1.29 bits per heavy atom. The molecule has 1 aliphatic rings. The van der Waals surface area contributed by atoms with Crippen molar-refractivity contribution in [3.63, 3.8) is 0 Å². The van der Waals surface area contributed by atoms with Gasteiger partial charge in [-0.1, -0.05) is 18.2 Å². The maximum absolute atomic E-state index is 13.3. The molecule has 0 radical (unpaired) electrons. The van der Waals surface area contributed by atoms with Crippen LogP contribution in [0, 0.1) is 17.1 Å². The molecule has 4 heteroatoms. The van der Waals surface area contributed by atoms with Crippen LogP contribution in [0.25, 0.3) is 0 Å². The van der Waals surface area contributed by atoms with E-state index < -0.39 is 0 Å². The molecule has 0 amide bonds. The predicted octanol–water partition coefficient (Wildman–Crippen LogP) is 2.79. The van der Waals surface area contributed by atoms with E-state index in [2.05, 4.69) is 11.4 Å². The molecule has 1 N–H and O–H groups in total. The monoisotopic (exact) mass is 282 g/mol. The first-order valence-corrected chi connectivity index (χ1v) is 6.89. The van der Waals surface area contributed by atoms with Crippen molar-refractivity contribution in [2.24, 2.45) is 0 Å². The maximum Gasteiger partial charge on any atom is 0.124 e. The van der Waals surface area contributed by atoms with Crippen molar-refractivity contribution >= 4 is 0 Å². The van der Waals surface area contributed by atoms with Crippen molar-refractivity contribution in [2.45, 2.75) is 19.1 Å². The number of para-hydroxylation sites is 1. The molecular formula is C17H15FN2O. The van der Waals surface area contributed by atoms with Crippen molar-refractivity contribution < 1.29 is 9.13 Å². The Morgan fingerprint density at radius 2 is 2.14 bits per heavy atom. The molecule has 0 spiro atoms. The van der Waals surface area contributed by atoms with Crippen LogP contribution in [0.3, 0.4) is 0 Å². The molecule has 1 unspecified atom stereocenters. The van der Waals surface area contributed by atoms with Gasteiger partial charge < -0.3 is 10.1 Å². The summed E-state index contributed by atoms with van der Waals surface area (Å²) in [6.45, 7) is 1.20. The molecule has 1 aliphatic heterocycles. The van der Waals surface area contributed by atoms with Gasteiger partial charge in [0, 0.05) is 19.5 Å². The van der Waals surface area contributed by atoms with Crippen LogP contribution in [0.1, 0.15) is 16.7 Å². The second-order valence-electron chi connectivity index (χ2n) is 5.14. The van der Waals surface area contributed by atoms with Gasteiger partial charge in [-0.25, -0.2) is 4.39 Å². The molecule has 106 valence electrons. The van der Waals surface area contributed by atoms with E-state index in [1.54, 1.807) is 6.07 Å². The smallest absolute Gasteiger partial charge is 0.124 e. The van der Waals surface area contributed by atoms with Gasteiger partial charge in [-0.15, -0.1) is 0 Å². The van der Waals surface area contributed by atoms with E-state index in [0.29, 0.717) is 18.7 Å². The average molecular weight is 282 g/mol. The number of halogens is 1. The number of nitrogens with zero attached hydrogens (tertiary/aromatic N) is 1. The van der Waals surface area contributed by atoms with E-state index in [-0.39, 0.29) is 11.9 Å². The fourth-order valence-electron chi connectivity index (χ4n) is 2.56. The first kappa shape index (κ1) is 13.6. The largest absolute Gasteiger partial charge is 0.488 e. The second-order valence-corrected chi connectivity index (χ2v) is 5.14. The van der Waals surface area contributed by atoms with Gasteiger partial charge in [0.2, 0.25) is 0 Å². The lowest BCUT2D eigenvalue weighted by molar-refractivity contribution is 0.227. The fourth-order valence-corrected chi connectivity index (χ4v) is 2.56. The fraction of sp³-hybridized carbons (Fsp3) is 0.235. The lowest BCUT2D eigenvalue weighted by atomic mass is 10.1. The van der Waals surface area contributed by atoms with Gasteiger partial charge in [0.25, 0.3) is 0 Å². The van der Waals surface area contributed by atoms with Crippen molar-refractivity contribution in [2.75, 3.05) is 6.54 Å². The number of fused-ring (bicyclic) bond motifs is 1. The summed E-state index contributed by atoms with van der Waals surface area (Å²) in [5.74, 6) is 0.567. The minimum absolute atomic E-state index is 0.103. The van der Waals surface area contributed by atoms with Crippen molar-refractivity contribution in [1.29, 1.82) is 5.26 Å². The summed E-state index contributed by atoms with van der Waals surface area (Å²) in [6.07, 6.45) is 0.988. The molecular weight excluding hydrogens is 267 g/mol. The summed E-state index contributed by atoms with van der Waals surface area (Å²) in [6, 6.07) is 14.3. The van der Waals surface area contributed by atoms with Crippen molar-refractivity contribution in [1.82, 2.24) is 5.32 Å². The lowest BCUT2D eigenvalue weighted by Gasteiger charge is -2.12. The molecule has 2 aromatic rings. The predicted molar refractivity (Wildman–Crippen MR) is 77.4 cm³/mol. The molecule has 1 heterocycles. The van der Waals surface area contributed by atoms with Crippen molar-refractivity contribution in [3.8, 4) is 11.8 Å². The summed E-state index contributed by atoms with van der Waals surface area (Å²) >= 11 is 0. The summed E-state index contributed by atoms with van der Waals surface area (Å²) in [4.78, 5) is 0. The van der Waals surface area contributed by atoms with Crippen LogP contribution < -0.4 is 10.1 Å². The Labute approximate surface area is 123 Å². The molecule has 0 saturated carbocycles. The van der Waals surface area contributed by atoms with Gasteiger partial charge in [-0.3, -0.25) is 0 Å². The summed E-state index contributed by atoms with van der Waals surface area (Å²) in [7, 11) is 0. The molecule has 0 bridgehead atoms. The van der Waals surface area contributed by atoms with Crippen LogP contribution in [0.5, 0.6) is 5.75 Å². The Bertz CT molecular complexity index is 668. The number of benzene rings is 2. The van der Waals surface area contributed by atoms with Crippen LogP contribution >= 0.6 is 0 Å². The Kier molecular flexibility index (Phi) is 3.85. The van der Waals surface area contributed by atoms with Gasteiger partial charge >= 0.3 is 0 Å². The van der Waals surface area contributed by atoms with E-state index in [1.807, 2.05) is 24.3 Å². The summed E-state index contributed by atoms with van der Waals surface area (Å²) < 4.78 is 19.1. The highest BCUT2D eigenvalue weighted by Gasteiger charge is 2.21. The SMILES string of the molecule is N#Cc1cc(F)cc(CNCC2Cc3ccccc3O2)c1. The van der Waals surface area contributed by atoms with Crippen LogP contribution in [0.4, 0.5) is 4.39 Å². The van der Waals surface area contributed by atoms with Gasteiger partial charge in [-0.05, 0) is 35.4 Å². The first-order chi connectivity index (χ1) is 10.2. The lowest BCUT2D eigenvalue weighted by Crippen LogP contribution is -2.29. The van der Waals surface area contributed by atoms with E-state index >= 15 is 0 Å². The number of rotatable bonds is 4. The number of nitriles is 1. The standard InChI is InChI=1S/C17H15FN2O/c18-15-6-12(9-19)5-13(7-15)10-20-11-16-8-14-3-1-2-4-17(14)21-16/h1-7,16,20H,8,10-11H2. The molecule has 1 atom stereocenters. The summed E-state index contributed by atoms with van der Waals surface area (Å²) in [5, 5.41) is 12.1. The number of nitrogens with one attached hydrogen (secondary N) is 1. The van der Waals surface area contributed by atoms with Gasteiger partial charge in [0.05, 0.1) is 11.6 Å². The molecule has 21 heavy (non-hydrogen) atoms. The molecule has 3 rings (SSSR count). The highest BCUT2D eigenvalue weighted by Crippen LogP contribution is 2.27. The highest BCUT2D eigenvalue weighted by molar-refractivity contribution is 5.37. The van der Waals surface area contributed by atoms with Crippen LogP contribution in [-0.4, -0.2) is 12.6 Å². The van der Waals surface area contributed by atoms with E-state index in [4.69, 9.17) is 10.00 Å². The number of hydrogen-bond acceptors (Lipinski definition) is 3. The van der Waals surface area contributed by atoms with Crippen LogP contribution in [-0.2, 0) is 13.0 Å². The van der Waals surface area contributed by atoms with Crippen molar-refractivity contribution in [3.05, 3.63) is 65.0 Å². The maximum atomic E-state index is 13.3. The molecule has 2 aromatic carbocycles. The average Bonchev–Trinajstić information content (AvgIpc) is 2.89. The Balaban J connectivity index is 1.54. The van der Waals surface area contributed by atoms with Gasteiger partial charge in [0.1, 0.15) is 17.7 Å². The molecule has 0 saturated heterocycles. The van der Waals surface area contributed by atoms with E-state index in [0.717, 1.165) is 17.7 Å². The molecule has 0 aliphatic carbocycles. The quantitative estimate of drug-likeness (QED) is 0.938. The third kappa shape index (κ3) is 3.21. The van der Waals surface area contributed by atoms with Crippen LogP contribution in [0.2, 0.25) is 0 Å². The normalized spacial score (nSPS) is 16.1. The zero-order chi connectivity index (χ0) is 14.7. The minimum atomic E-state index is -0.379. The highest BCUT2D eigenvalue weighted by atomic mass is 19.1. The third-order valence-electron chi connectivity index (χ3n) is 3.50. The summed E-state index contributed by atoms with van der Waals surface area (Å²) in [5.41, 5.74) is 2.33. The molecule has 0 fully saturated rings. The van der Waals surface area contributed by atoms with Gasteiger partial charge in [0.15, 0.2) is 0 Å².